The number of ether oxygens (including phenoxy) is 1. The first-order valence-electron chi connectivity index (χ1n) is 6.36. The molecule has 1 aliphatic rings. The molecular formula is C10H13N4O7PS. The van der Waals surface area contributed by atoms with Gasteiger partial charge in [0.25, 0.3) is 0 Å². The standard InChI is InChI=1S/C10H13N4O7PS/c15-6-4(1-20-22(17,18)19)21-10(7(6)16)14-3-13-5-8(14)11-2-12-9(5)23/h2-4,6-7,10,15-16H,1H2,(H,11,12,23)(H2,17,18,19)/t4-,6?,7?,10-/m1/s1. The molecule has 0 saturated carbocycles. The van der Waals surface area contributed by atoms with Gasteiger partial charge in [0.05, 0.1) is 12.9 Å². The summed E-state index contributed by atoms with van der Waals surface area (Å²) in [6, 6.07) is 0. The quantitative estimate of drug-likeness (QED) is 0.254. The molecule has 4 atom stereocenters. The van der Waals surface area contributed by atoms with E-state index in [2.05, 4.69) is 32.1 Å². The molecule has 4 N–H and O–H groups in total. The van der Waals surface area contributed by atoms with Crippen LogP contribution in [0.25, 0.3) is 11.2 Å². The Hall–Kier alpha value is -1.11. The van der Waals surface area contributed by atoms with E-state index in [4.69, 9.17) is 14.5 Å². The van der Waals surface area contributed by atoms with Crippen LogP contribution < -0.4 is 0 Å². The maximum atomic E-state index is 10.7. The van der Waals surface area contributed by atoms with E-state index < -0.39 is 39.0 Å². The van der Waals surface area contributed by atoms with Crippen molar-refractivity contribution in [1.29, 1.82) is 0 Å². The number of fused-ring (bicyclic) bond motifs is 1. The molecule has 23 heavy (non-hydrogen) atoms. The van der Waals surface area contributed by atoms with Crippen molar-refractivity contribution in [1.82, 2.24) is 19.5 Å². The topological polar surface area (TPSA) is 160 Å². The van der Waals surface area contributed by atoms with Gasteiger partial charge in [-0.1, -0.05) is 0 Å². The first-order valence-corrected chi connectivity index (χ1v) is 8.34. The minimum atomic E-state index is -4.71. The number of aliphatic hydroxyl groups excluding tert-OH is 2. The Morgan fingerprint density at radius 2 is 2.04 bits per heavy atom. The molecule has 2 aromatic heterocycles. The van der Waals surface area contributed by atoms with Gasteiger partial charge in [-0.05, 0) is 0 Å². The highest BCUT2D eigenvalue weighted by atomic mass is 32.1. The molecule has 3 heterocycles. The molecule has 126 valence electrons. The van der Waals surface area contributed by atoms with Crippen molar-refractivity contribution in [3.63, 3.8) is 0 Å². The van der Waals surface area contributed by atoms with Crippen LogP contribution in [0.5, 0.6) is 0 Å². The number of phosphoric ester groups is 1. The molecule has 0 bridgehead atoms. The molecule has 1 fully saturated rings. The van der Waals surface area contributed by atoms with Gasteiger partial charge in [0.15, 0.2) is 11.9 Å². The van der Waals surface area contributed by atoms with Gasteiger partial charge < -0.3 is 24.7 Å². The minimum Gasteiger partial charge on any atom is -0.387 e. The van der Waals surface area contributed by atoms with Crippen LogP contribution in [0.15, 0.2) is 17.7 Å². The normalized spacial score (nSPS) is 28.6. The van der Waals surface area contributed by atoms with Crippen molar-refractivity contribution in [3.8, 4) is 0 Å². The van der Waals surface area contributed by atoms with Gasteiger partial charge in [-0.2, -0.15) is 0 Å². The second kappa shape index (κ2) is 6.07. The van der Waals surface area contributed by atoms with E-state index >= 15 is 0 Å². The van der Waals surface area contributed by atoms with E-state index in [0.717, 1.165) is 0 Å². The fraction of sp³-hybridized carbons (Fsp3) is 0.500. The van der Waals surface area contributed by atoms with Gasteiger partial charge >= 0.3 is 7.82 Å². The summed E-state index contributed by atoms with van der Waals surface area (Å²) in [6.45, 7) is -0.585. The molecule has 0 radical (unpaired) electrons. The van der Waals surface area contributed by atoms with Crippen LogP contribution in [0, 0.1) is 0 Å². The fourth-order valence-electron chi connectivity index (χ4n) is 2.29. The molecule has 11 nitrogen and oxygen atoms in total. The largest absolute Gasteiger partial charge is 0.469 e. The van der Waals surface area contributed by atoms with Crippen molar-refractivity contribution in [2.45, 2.75) is 29.6 Å². The van der Waals surface area contributed by atoms with Gasteiger partial charge in [-0.25, -0.2) is 19.5 Å². The number of nitrogens with zero attached hydrogens (tertiary/aromatic N) is 4. The number of thiol groups is 1. The summed E-state index contributed by atoms with van der Waals surface area (Å²) in [6.07, 6.45) is -2.35. The van der Waals surface area contributed by atoms with Crippen molar-refractivity contribution < 1.29 is 33.8 Å². The molecule has 0 aliphatic carbocycles. The Morgan fingerprint density at radius 1 is 1.30 bits per heavy atom. The fourth-order valence-corrected chi connectivity index (χ4v) is 2.84. The van der Waals surface area contributed by atoms with Crippen molar-refractivity contribution in [3.05, 3.63) is 12.7 Å². The van der Waals surface area contributed by atoms with E-state index in [1.165, 1.54) is 17.2 Å². The Kier molecular flexibility index (Phi) is 4.42. The van der Waals surface area contributed by atoms with Crippen molar-refractivity contribution in [2.75, 3.05) is 6.61 Å². The van der Waals surface area contributed by atoms with E-state index in [1.807, 2.05) is 0 Å². The van der Waals surface area contributed by atoms with Crippen LogP contribution in [0.2, 0.25) is 0 Å². The third-order valence-corrected chi connectivity index (χ3v) is 4.17. The Bertz CT molecular complexity index is 767. The second-order valence-electron chi connectivity index (χ2n) is 4.85. The van der Waals surface area contributed by atoms with Gasteiger partial charge in [0.2, 0.25) is 0 Å². The molecule has 0 amide bonds. The van der Waals surface area contributed by atoms with Gasteiger partial charge in [-0.15, -0.1) is 12.6 Å². The lowest BCUT2D eigenvalue weighted by molar-refractivity contribution is -0.0504. The summed E-state index contributed by atoms with van der Waals surface area (Å²) < 4.78 is 21.9. The molecule has 0 spiro atoms. The zero-order valence-electron chi connectivity index (χ0n) is 11.4. The lowest BCUT2D eigenvalue weighted by Gasteiger charge is -2.16. The predicted octanol–water partition coefficient (Wildman–Crippen LogP) is -1.16. The zero-order chi connectivity index (χ0) is 16.8. The van der Waals surface area contributed by atoms with Crippen LogP contribution >= 0.6 is 20.5 Å². The smallest absolute Gasteiger partial charge is 0.387 e. The van der Waals surface area contributed by atoms with E-state index in [-0.39, 0.29) is 0 Å². The summed E-state index contributed by atoms with van der Waals surface area (Å²) in [5, 5.41) is 20.4. The SMILES string of the molecule is O=P(O)(O)OC[C@H]1O[C@@H](n2cnc3c(S)ncnc32)C(O)C1O. The van der Waals surface area contributed by atoms with E-state index in [9.17, 15) is 14.8 Å². The lowest BCUT2D eigenvalue weighted by atomic mass is 10.1. The lowest BCUT2D eigenvalue weighted by Crippen LogP contribution is -2.33. The highest BCUT2D eigenvalue weighted by Gasteiger charge is 2.45. The number of phosphoric acid groups is 1. The van der Waals surface area contributed by atoms with Gasteiger partial charge in [0.1, 0.15) is 35.2 Å². The Balaban J connectivity index is 1.85. The van der Waals surface area contributed by atoms with Crippen LogP contribution in [-0.4, -0.2) is 64.4 Å². The number of hydrogen-bond acceptors (Lipinski definition) is 9. The number of aliphatic hydroxyl groups is 2. The Morgan fingerprint density at radius 3 is 2.74 bits per heavy atom. The average Bonchev–Trinajstić information content (AvgIpc) is 3.01. The summed E-state index contributed by atoms with van der Waals surface area (Å²) in [5.74, 6) is 0. The molecule has 2 unspecified atom stereocenters. The predicted molar refractivity (Wildman–Crippen MR) is 76.5 cm³/mol. The first kappa shape index (κ1) is 16.7. The maximum absolute atomic E-state index is 10.7. The molecule has 1 aliphatic heterocycles. The number of rotatable bonds is 4. The third kappa shape index (κ3) is 3.25. The van der Waals surface area contributed by atoms with Crippen molar-refractivity contribution in [2.24, 2.45) is 0 Å². The molecule has 1 saturated heterocycles. The zero-order valence-corrected chi connectivity index (χ0v) is 13.2. The third-order valence-electron chi connectivity index (χ3n) is 3.36. The van der Waals surface area contributed by atoms with Crippen molar-refractivity contribution >= 4 is 31.6 Å². The second-order valence-corrected chi connectivity index (χ2v) is 6.52. The summed E-state index contributed by atoms with van der Waals surface area (Å²) in [4.78, 5) is 29.4. The molecule has 13 heteroatoms. The van der Waals surface area contributed by atoms with Crippen LogP contribution in [-0.2, 0) is 13.8 Å². The Labute approximate surface area is 134 Å². The summed E-state index contributed by atoms with van der Waals surface area (Å²) in [7, 11) is -4.71. The van der Waals surface area contributed by atoms with E-state index in [1.54, 1.807) is 0 Å². The van der Waals surface area contributed by atoms with Crippen LogP contribution in [0.1, 0.15) is 6.23 Å². The summed E-state index contributed by atoms with van der Waals surface area (Å²) in [5.41, 5.74) is 0.717. The monoisotopic (exact) mass is 364 g/mol. The highest BCUT2D eigenvalue weighted by Crippen LogP contribution is 2.38. The highest BCUT2D eigenvalue weighted by molar-refractivity contribution is 7.80. The maximum Gasteiger partial charge on any atom is 0.469 e. The van der Waals surface area contributed by atoms with Crippen LogP contribution in [0.3, 0.4) is 0 Å². The number of imidazole rings is 1. The van der Waals surface area contributed by atoms with Crippen LogP contribution in [0.4, 0.5) is 0 Å². The van der Waals surface area contributed by atoms with E-state index in [0.29, 0.717) is 16.2 Å². The molecule has 3 rings (SSSR count). The molecule has 0 aromatic carbocycles. The van der Waals surface area contributed by atoms with Gasteiger partial charge in [-0.3, -0.25) is 9.09 Å². The average molecular weight is 364 g/mol. The minimum absolute atomic E-state index is 0.331. The van der Waals surface area contributed by atoms with Gasteiger partial charge in [0, 0.05) is 0 Å². The summed E-state index contributed by atoms with van der Waals surface area (Å²) >= 11 is 4.14. The number of hydrogen-bond donors (Lipinski definition) is 5. The molecular weight excluding hydrogens is 351 g/mol. The number of aromatic nitrogens is 4. The molecule has 2 aromatic rings. The first-order chi connectivity index (χ1) is 10.8.